The maximum absolute atomic E-state index is 6.21. The molecule has 0 bridgehead atoms. The van der Waals surface area contributed by atoms with Crippen molar-refractivity contribution in [1.29, 1.82) is 0 Å². The van der Waals surface area contributed by atoms with E-state index in [1.54, 1.807) is 7.11 Å². The van der Waals surface area contributed by atoms with E-state index in [1.807, 2.05) is 0 Å². The largest absolute Gasteiger partial charge is 0.397 e. The van der Waals surface area contributed by atoms with Crippen molar-refractivity contribution in [3.8, 4) is 0 Å². The van der Waals surface area contributed by atoms with E-state index in [2.05, 4.69) is 48.5 Å². The second-order valence-corrected chi connectivity index (χ2v) is 9.81. The zero-order valence-electron chi connectivity index (χ0n) is 11.0. The first-order chi connectivity index (χ1) is 6.15. The summed E-state index contributed by atoms with van der Waals surface area (Å²) in [6, 6.07) is 0. The molecule has 2 nitrogen and oxygen atoms in total. The van der Waals surface area contributed by atoms with Crippen molar-refractivity contribution in [3.63, 3.8) is 0 Å². The van der Waals surface area contributed by atoms with Crippen LogP contribution in [0.3, 0.4) is 0 Å². The Morgan fingerprint density at radius 2 is 1.29 bits per heavy atom. The second-order valence-electron chi connectivity index (χ2n) is 5.45. The second kappa shape index (κ2) is 4.77. The molecule has 0 radical (unpaired) electrons. The molecule has 0 fully saturated rings. The van der Waals surface area contributed by atoms with Crippen molar-refractivity contribution in [3.05, 3.63) is 0 Å². The Kier molecular flexibility index (Phi) is 4.82. The Bertz CT molecular complexity index is 163. The van der Waals surface area contributed by atoms with E-state index in [9.17, 15) is 0 Å². The van der Waals surface area contributed by atoms with Crippen LogP contribution < -0.4 is 0 Å². The summed E-state index contributed by atoms with van der Waals surface area (Å²) in [6.07, 6.45) is 0. The highest BCUT2D eigenvalue weighted by Gasteiger charge is 2.46. The molecule has 0 saturated heterocycles. The first kappa shape index (κ1) is 14.1. The van der Waals surface area contributed by atoms with Gasteiger partial charge in [0.15, 0.2) is 0 Å². The van der Waals surface area contributed by atoms with E-state index in [1.165, 1.54) is 0 Å². The van der Waals surface area contributed by atoms with Crippen molar-refractivity contribution in [2.75, 3.05) is 7.11 Å². The lowest BCUT2D eigenvalue weighted by molar-refractivity contribution is 0.0640. The Labute approximate surface area is 90.2 Å². The highest BCUT2D eigenvalue weighted by Crippen LogP contribution is 2.36. The SMILES string of the molecule is CO[Si](OC(C)(C)C)(C(C)C)C(C)C. The lowest BCUT2D eigenvalue weighted by Crippen LogP contribution is -2.51. The molecule has 0 aromatic rings. The van der Waals surface area contributed by atoms with Gasteiger partial charge in [0, 0.05) is 7.11 Å². The van der Waals surface area contributed by atoms with Crippen LogP contribution in [0.1, 0.15) is 48.5 Å². The molecule has 0 aliphatic carbocycles. The van der Waals surface area contributed by atoms with E-state index in [0.29, 0.717) is 11.1 Å². The molecule has 0 aliphatic rings. The van der Waals surface area contributed by atoms with Gasteiger partial charge in [-0.15, -0.1) is 0 Å². The summed E-state index contributed by atoms with van der Waals surface area (Å²) in [5.41, 5.74) is 0.843. The molecule has 0 amide bonds. The standard InChI is InChI=1S/C11H26O2Si/c1-9(2)14(12-8,10(3)4)13-11(5,6)7/h9-10H,1-8H3. The average Bonchev–Trinajstić information content (AvgIpc) is 1.97. The lowest BCUT2D eigenvalue weighted by Gasteiger charge is -2.41. The van der Waals surface area contributed by atoms with Crippen LogP contribution in [0.4, 0.5) is 0 Å². The first-order valence-electron chi connectivity index (χ1n) is 5.41. The molecule has 0 saturated carbocycles. The minimum absolute atomic E-state index is 0.114. The first-order valence-corrected chi connectivity index (χ1v) is 7.38. The third-order valence-corrected chi connectivity index (χ3v) is 7.18. The Balaban J connectivity index is 4.87. The van der Waals surface area contributed by atoms with E-state index >= 15 is 0 Å². The molecular weight excluding hydrogens is 192 g/mol. The van der Waals surface area contributed by atoms with Gasteiger partial charge >= 0.3 is 8.56 Å². The van der Waals surface area contributed by atoms with Gasteiger partial charge in [0.05, 0.1) is 5.60 Å². The van der Waals surface area contributed by atoms with Crippen molar-refractivity contribution < 1.29 is 8.85 Å². The minimum Gasteiger partial charge on any atom is -0.397 e. The molecular formula is C11H26O2Si. The van der Waals surface area contributed by atoms with Crippen molar-refractivity contribution in [2.24, 2.45) is 0 Å². The Hall–Kier alpha value is 0.137. The fourth-order valence-corrected chi connectivity index (χ4v) is 5.68. The molecule has 0 heterocycles. The number of hydrogen-bond acceptors (Lipinski definition) is 2. The molecule has 3 heteroatoms. The predicted octanol–water partition coefficient (Wildman–Crippen LogP) is 3.71. The topological polar surface area (TPSA) is 18.5 Å². The van der Waals surface area contributed by atoms with E-state index in [0.717, 1.165) is 0 Å². The summed E-state index contributed by atoms with van der Waals surface area (Å²) in [4.78, 5) is 0. The number of hydrogen-bond donors (Lipinski definition) is 0. The molecule has 0 N–H and O–H groups in total. The normalized spacial score (nSPS) is 14.1. The Morgan fingerprint density at radius 3 is 1.36 bits per heavy atom. The van der Waals surface area contributed by atoms with Crippen molar-refractivity contribution >= 4 is 8.56 Å². The fourth-order valence-electron chi connectivity index (χ4n) is 1.89. The molecule has 0 unspecified atom stereocenters. The van der Waals surface area contributed by atoms with E-state index in [-0.39, 0.29) is 5.60 Å². The average molecular weight is 218 g/mol. The van der Waals surface area contributed by atoms with Gasteiger partial charge in [0.25, 0.3) is 0 Å². The fraction of sp³-hybridized carbons (Fsp3) is 1.00. The van der Waals surface area contributed by atoms with Gasteiger partial charge in [-0.25, -0.2) is 0 Å². The van der Waals surface area contributed by atoms with Gasteiger partial charge < -0.3 is 8.85 Å². The summed E-state index contributed by atoms with van der Waals surface area (Å²) in [6.45, 7) is 15.1. The minimum atomic E-state index is -2.06. The van der Waals surface area contributed by atoms with E-state index < -0.39 is 8.56 Å². The summed E-state index contributed by atoms with van der Waals surface area (Å²) in [7, 11) is -0.270. The van der Waals surface area contributed by atoms with Crippen LogP contribution in [-0.2, 0) is 8.85 Å². The van der Waals surface area contributed by atoms with Crippen LogP contribution >= 0.6 is 0 Å². The maximum Gasteiger partial charge on any atom is 0.343 e. The molecule has 86 valence electrons. The van der Waals surface area contributed by atoms with Gasteiger partial charge in [-0.3, -0.25) is 0 Å². The third-order valence-electron chi connectivity index (χ3n) is 2.39. The summed E-state index contributed by atoms with van der Waals surface area (Å²) in [5.74, 6) is 0. The van der Waals surface area contributed by atoms with Gasteiger partial charge in [-0.2, -0.15) is 0 Å². The molecule has 0 aliphatic heterocycles. The molecule has 0 atom stereocenters. The van der Waals surface area contributed by atoms with Crippen LogP contribution in [0.15, 0.2) is 0 Å². The van der Waals surface area contributed by atoms with Crippen LogP contribution in [-0.4, -0.2) is 21.3 Å². The highest BCUT2D eigenvalue weighted by molar-refractivity contribution is 6.70. The summed E-state index contributed by atoms with van der Waals surface area (Å²) >= 11 is 0. The van der Waals surface area contributed by atoms with Crippen LogP contribution in [0.2, 0.25) is 11.1 Å². The number of rotatable bonds is 4. The molecule has 0 rings (SSSR count). The summed E-state index contributed by atoms with van der Waals surface area (Å²) in [5, 5.41) is 0. The molecule has 14 heavy (non-hydrogen) atoms. The lowest BCUT2D eigenvalue weighted by atomic mass is 10.2. The maximum atomic E-state index is 6.21. The smallest absolute Gasteiger partial charge is 0.343 e. The van der Waals surface area contributed by atoms with E-state index in [4.69, 9.17) is 8.85 Å². The Morgan fingerprint density at radius 1 is 0.929 bits per heavy atom. The zero-order valence-corrected chi connectivity index (χ0v) is 12.0. The zero-order chi connectivity index (χ0) is 11.6. The molecule has 0 aromatic carbocycles. The third kappa shape index (κ3) is 3.37. The van der Waals surface area contributed by atoms with Gasteiger partial charge in [0.2, 0.25) is 0 Å². The van der Waals surface area contributed by atoms with Crippen molar-refractivity contribution in [2.45, 2.75) is 65.1 Å². The quantitative estimate of drug-likeness (QED) is 0.670. The van der Waals surface area contributed by atoms with Crippen LogP contribution in [0, 0.1) is 0 Å². The van der Waals surface area contributed by atoms with Crippen LogP contribution in [0.25, 0.3) is 0 Å². The van der Waals surface area contributed by atoms with Crippen molar-refractivity contribution in [1.82, 2.24) is 0 Å². The molecule has 0 spiro atoms. The van der Waals surface area contributed by atoms with Gasteiger partial charge in [-0.1, -0.05) is 27.7 Å². The predicted molar refractivity (Wildman–Crippen MR) is 63.8 cm³/mol. The van der Waals surface area contributed by atoms with Crippen LogP contribution in [0.5, 0.6) is 0 Å². The summed E-state index contributed by atoms with van der Waals surface area (Å²) < 4.78 is 12.0. The highest BCUT2D eigenvalue weighted by atomic mass is 28.4. The molecule has 0 aromatic heterocycles. The van der Waals surface area contributed by atoms with Gasteiger partial charge in [-0.05, 0) is 31.9 Å². The monoisotopic (exact) mass is 218 g/mol. The van der Waals surface area contributed by atoms with Gasteiger partial charge in [0.1, 0.15) is 0 Å².